The summed E-state index contributed by atoms with van der Waals surface area (Å²) in [7, 11) is 1.60. The summed E-state index contributed by atoms with van der Waals surface area (Å²) in [6.45, 7) is 2.18. The standard InChI is InChI=1S/C20H19N5O3/c1-12-7-8-16(28-12)19-23-18-10-14(9-17(21)25(18)24-19)20(26)22-11-13-5-3-4-6-15(13)27-2/h3-10H,11,21H2,1-2H3,(H,22,26). The maximum absolute atomic E-state index is 12.6. The maximum Gasteiger partial charge on any atom is 0.251 e. The first-order valence-electron chi connectivity index (χ1n) is 8.68. The lowest BCUT2D eigenvalue weighted by Crippen LogP contribution is -2.23. The SMILES string of the molecule is COc1ccccc1CNC(=O)c1cc(N)n2nc(-c3ccc(C)o3)nc2c1. The number of nitrogens with two attached hydrogens (primary N) is 1. The Balaban J connectivity index is 1.59. The number of amides is 1. The number of ether oxygens (including phenoxy) is 1. The number of aryl methyl sites for hydroxylation is 1. The number of pyridine rings is 1. The second-order valence-electron chi connectivity index (χ2n) is 6.28. The molecule has 0 saturated carbocycles. The van der Waals surface area contributed by atoms with Gasteiger partial charge in [-0.05, 0) is 37.3 Å². The van der Waals surface area contributed by atoms with Crippen molar-refractivity contribution in [3.05, 3.63) is 65.4 Å². The van der Waals surface area contributed by atoms with E-state index in [1.165, 1.54) is 4.52 Å². The number of nitrogens with one attached hydrogen (secondary N) is 1. The van der Waals surface area contributed by atoms with Crippen molar-refractivity contribution in [1.29, 1.82) is 0 Å². The van der Waals surface area contributed by atoms with Gasteiger partial charge in [0, 0.05) is 17.7 Å². The number of hydrogen-bond acceptors (Lipinski definition) is 6. The maximum atomic E-state index is 12.6. The van der Waals surface area contributed by atoms with Gasteiger partial charge in [-0.15, -0.1) is 5.10 Å². The summed E-state index contributed by atoms with van der Waals surface area (Å²) >= 11 is 0. The number of para-hydroxylation sites is 1. The van der Waals surface area contributed by atoms with E-state index in [-0.39, 0.29) is 5.91 Å². The third kappa shape index (κ3) is 3.27. The van der Waals surface area contributed by atoms with Gasteiger partial charge < -0.3 is 20.2 Å². The average Bonchev–Trinajstić information content (AvgIpc) is 3.32. The van der Waals surface area contributed by atoms with Crippen LogP contribution in [0.4, 0.5) is 5.82 Å². The van der Waals surface area contributed by atoms with Crippen LogP contribution in [-0.2, 0) is 6.54 Å². The van der Waals surface area contributed by atoms with Crippen LogP contribution in [0.25, 0.3) is 17.2 Å². The van der Waals surface area contributed by atoms with E-state index in [2.05, 4.69) is 15.4 Å². The summed E-state index contributed by atoms with van der Waals surface area (Å²) in [6.07, 6.45) is 0. The van der Waals surface area contributed by atoms with Crippen LogP contribution >= 0.6 is 0 Å². The van der Waals surface area contributed by atoms with E-state index >= 15 is 0 Å². The topological polar surface area (TPSA) is 108 Å². The number of fused-ring (bicyclic) bond motifs is 1. The first-order chi connectivity index (χ1) is 13.5. The lowest BCUT2D eigenvalue weighted by molar-refractivity contribution is 0.0950. The largest absolute Gasteiger partial charge is 0.496 e. The zero-order chi connectivity index (χ0) is 19.7. The normalized spacial score (nSPS) is 10.9. The minimum Gasteiger partial charge on any atom is -0.496 e. The number of aromatic nitrogens is 3. The fourth-order valence-electron chi connectivity index (χ4n) is 2.93. The number of methoxy groups -OCH3 is 1. The summed E-state index contributed by atoms with van der Waals surface area (Å²) in [5, 5.41) is 7.22. The van der Waals surface area contributed by atoms with E-state index in [9.17, 15) is 4.79 Å². The highest BCUT2D eigenvalue weighted by Gasteiger charge is 2.15. The molecular formula is C20H19N5O3. The van der Waals surface area contributed by atoms with Crippen LogP contribution < -0.4 is 15.8 Å². The summed E-state index contributed by atoms with van der Waals surface area (Å²) in [4.78, 5) is 17.0. The van der Waals surface area contributed by atoms with Crippen LogP contribution in [0.15, 0.2) is 52.9 Å². The van der Waals surface area contributed by atoms with E-state index in [4.69, 9.17) is 14.9 Å². The Morgan fingerprint density at radius 2 is 2.07 bits per heavy atom. The van der Waals surface area contributed by atoms with E-state index in [0.717, 1.165) is 11.3 Å². The van der Waals surface area contributed by atoms with Crippen molar-refractivity contribution in [3.63, 3.8) is 0 Å². The Labute approximate surface area is 160 Å². The van der Waals surface area contributed by atoms with Crippen LogP contribution in [0.3, 0.4) is 0 Å². The van der Waals surface area contributed by atoms with E-state index < -0.39 is 0 Å². The lowest BCUT2D eigenvalue weighted by atomic mass is 10.2. The lowest BCUT2D eigenvalue weighted by Gasteiger charge is -2.10. The van der Waals surface area contributed by atoms with Crippen molar-refractivity contribution in [2.45, 2.75) is 13.5 Å². The predicted molar refractivity (Wildman–Crippen MR) is 104 cm³/mol. The molecule has 0 fully saturated rings. The van der Waals surface area contributed by atoms with Crippen molar-refractivity contribution in [2.75, 3.05) is 12.8 Å². The second-order valence-corrected chi connectivity index (χ2v) is 6.28. The molecule has 0 spiro atoms. The van der Waals surface area contributed by atoms with Crippen molar-refractivity contribution in [1.82, 2.24) is 19.9 Å². The molecule has 0 aliphatic rings. The summed E-state index contributed by atoms with van der Waals surface area (Å²) in [5.41, 5.74) is 7.82. The number of hydrogen-bond donors (Lipinski definition) is 2. The van der Waals surface area contributed by atoms with Gasteiger partial charge in [0.2, 0.25) is 5.82 Å². The number of rotatable bonds is 5. The van der Waals surface area contributed by atoms with Crippen molar-refractivity contribution in [3.8, 4) is 17.3 Å². The van der Waals surface area contributed by atoms with E-state index in [0.29, 0.717) is 40.9 Å². The smallest absolute Gasteiger partial charge is 0.251 e. The summed E-state index contributed by atoms with van der Waals surface area (Å²) in [6, 6.07) is 14.3. The average molecular weight is 377 g/mol. The molecule has 0 aliphatic carbocycles. The van der Waals surface area contributed by atoms with Crippen LogP contribution in [0, 0.1) is 6.92 Å². The van der Waals surface area contributed by atoms with Gasteiger partial charge in [-0.2, -0.15) is 4.52 Å². The van der Waals surface area contributed by atoms with Gasteiger partial charge in [0.1, 0.15) is 17.3 Å². The number of nitrogens with zero attached hydrogens (tertiary/aromatic N) is 3. The highest BCUT2D eigenvalue weighted by molar-refractivity contribution is 5.96. The summed E-state index contributed by atoms with van der Waals surface area (Å²) in [5.74, 6) is 2.47. The minimum atomic E-state index is -0.265. The van der Waals surface area contributed by atoms with Gasteiger partial charge in [-0.25, -0.2) is 4.98 Å². The van der Waals surface area contributed by atoms with E-state index in [1.54, 1.807) is 25.3 Å². The molecule has 28 heavy (non-hydrogen) atoms. The Morgan fingerprint density at radius 1 is 1.25 bits per heavy atom. The molecule has 0 saturated heterocycles. The molecule has 8 heteroatoms. The van der Waals surface area contributed by atoms with Crippen molar-refractivity contribution < 1.29 is 13.9 Å². The monoisotopic (exact) mass is 377 g/mol. The number of nitrogen functional groups attached to an aromatic ring is 1. The Kier molecular flexibility index (Phi) is 4.44. The summed E-state index contributed by atoms with van der Waals surface area (Å²) < 4.78 is 12.3. The first kappa shape index (κ1) is 17.6. The third-order valence-corrected chi connectivity index (χ3v) is 4.32. The van der Waals surface area contributed by atoms with Crippen LogP contribution in [-0.4, -0.2) is 27.6 Å². The molecule has 8 nitrogen and oxygen atoms in total. The zero-order valence-electron chi connectivity index (χ0n) is 15.5. The molecular weight excluding hydrogens is 358 g/mol. The Morgan fingerprint density at radius 3 is 2.82 bits per heavy atom. The quantitative estimate of drug-likeness (QED) is 0.554. The van der Waals surface area contributed by atoms with Crippen LogP contribution in [0.5, 0.6) is 5.75 Å². The second kappa shape index (κ2) is 7.07. The molecule has 0 aliphatic heterocycles. The predicted octanol–water partition coefficient (Wildman–Crippen LogP) is 2.82. The van der Waals surface area contributed by atoms with Crippen molar-refractivity contribution >= 4 is 17.4 Å². The van der Waals surface area contributed by atoms with Crippen LogP contribution in [0.1, 0.15) is 21.7 Å². The Bertz CT molecular complexity index is 1160. The van der Waals surface area contributed by atoms with Gasteiger partial charge in [0.05, 0.1) is 7.11 Å². The molecule has 0 radical (unpaired) electrons. The van der Waals surface area contributed by atoms with Gasteiger partial charge in [0.25, 0.3) is 5.91 Å². The minimum absolute atomic E-state index is 0.265. The highest BCUT2D eigenvalue weighted by atomic mass is 16.5. The molecule has 1 aromatic carbocycles. The molecule has 0 atom stereocenters. The van der Waals surface area contributed by atoms with Crippen LogP contribution in [0.2, 0.25) is 0 Å². The number of benzene rings is 1. The number of anilines is 1. The zero-order valence-corrected chi connectivity index (χ0v) is 15.5. The molecule has 0 unspecified atom stereocenters. The molecule has 3 heterocycles. The molecule has 3 aromatic heterocycles. The number of carbonyl (C=O) groups excluding carboxylic acids is 1. The molecule has 1 amide bonds. The fraction of sp³-hybridized carbons (Fsp3) is 0.150. The third-order valence-electron chi connectivity index (χ3n) is 4.32. The number of furan rings is 1. The molecule has 3 N–H and O–H groups in total. The van der Waals surface area contributed by atoms with E-state index in [1.807, 2.05) is 37.3 Å². The van der Waals surface area contributed by atoms with Gasteiger partial charge >= 0.3 is 0 Å². The van der Waals surface area contributed by atoms with Gasteiger partial charge in [-0.1, -0.05) is 18.2 Å². The van der Waals surface area contributed by atoms with Crippen molar-refractivity contribution in [2.24, 2.45) is 0 Å². The van der Waals surface area contributed by atoms with Gasteiger partial charge in [0.15, 0.2) is 11.4 Å². The molecule has 4 rings (SSSR count). The fourth-order valence-corrected chi connectivity index (χ4v) is 2.93. The molecule has 0 bridgehead atoms. The van der Waals surface area contributed by atoms with Gasteiger partial charge in [-0.3, -0.25) is 4.79 Å². The molecule has 142 valence electrons. The highest BCUT2D eigenvalue weighted by Crippen LogP contribution is 2.21. The first-order valence-corrected chi connectivity index (χ1v) is 8.68. The Hall–Kier alpha value is -3.81. The molecule has 4 aromatic rings. The number of carbonyl (C=O) groups is 1.